The van der Waals surface area contributed by atoms with Crippen molar-refractivity contribution < 1.29 is 0 Å². The third-order valence-corrected chi connectivity index (χ3v) is 3.79. The topological polar surface area (TPSA) is 29.0 Å². The molecule has 3 nitrogen and oxygen atoms in total. The van der Waals surface area contributed by atoms with Crippen LogP contribution < -0.4 is 4.90 Å². The summed E-state index contributed by atoms with van der Waals surface area (Å²) in [6, 6.07) is 8.56. The molecule has 1 aromatic heterocycles. The van der Waals surface area contributed by atoms with Crippen LogP contribution in [0.3, 0.4) is 0 Å². The van der Waals surface area contributed by atoms with E-state index in [1.165, 1.54) is 22.7 Å². The number of hydrogen-bond donors (Lipinski definition) is 0. The number of benzene rings is 1. The average Bonchev–Trinajstić information content (AvgIpc) is 2.82. The quantitative estimate of drug-likeness (QED) is 0.827. The largest absolute Gasteiger partial charge is 0.347 e. The Hall–Kier alpha value is -1.42. The van der Waals surface area contributed by atoms with Gasteiger partial charge in [-0.05, 0) is 26.3 Å². The van der Waals surface area contributed by atoms with Crippen molar-refractivity contribution in [3.63, 3.8) is 0 Å². The highest BCUT2D eigenvalue weighted by Gasteiger charge is 2.09. The Labute approximate surface area is 113 Å². The Morgan fingerprint density at radius 3 is 2.39 bits per heavy atom. The molecule has 0 aliphatic heterocycles. The van der Waals surface area contributed by atoms with Crippen molar-refractivity contribution in [1.29, 1.82) is 0 Å². The lowest BCUT2D eigenvalue weighted by Crippen LogP contribution is -2.21. The first-order valence-corrected chi connectivity index (χ1v) is 7.13. The van der Waals surface area contributed by atoms with Crippen molar-refractivity contribution in [2.24, 2.45) is 0 Å². The lowest BCUT2D eigenvalue weighted by molar-refractivity contribution is 0.853. The van der Waals surface area contributed by atoms with Crippen LogP contribution in [0.4, 0.5) is 5.13 Å². The van der Waals surface area contributed by atoms with E-state index >= 15 is 0 Å². The Bertz CT molecular complexity index is 486. The maximum Gasteiger partial charge on any atom is 0.205 e. The number of aryl methyl sites for hydroxylation is 1. The van der Waals surface area contributed by atoms with Crippen molar-refractivity contribution in [3.05, 3.63) is 41.2 Å². The number of anilines is 1. The molecular weight excluding hydrogens is 242 g/mol. The fourth-order valence-corrected chi connectivity index (χ4v) is 2.64. The minimum absolute atomic E-state index is 0.818. The van der Waals surface area contributed by atoms with E-state index in [0.29, 0.717) is 0 Å². The van der Waals surface area contributed by atoms with Crippen molar-refractivity contribution in [3.8, 4) is 0 Å². The van der Waals surface area contributed by atoms with Gasteiger partial charge in [0.25, 0.3) is 0 Å². The molecule has 96 valence electrons. The van der Waals surface area contributed by atoms with Crippen LogP contribution >= 0.6 is 11.5 Å². The van der Waals surface area contributed by atoms with Crippen LogP contribution in [0.25, 0.3) is 0 Å². The highest BCUT2D eigenvalue weighted by molar-refractivity contribution is 7.09. The molecule has 1 aromatic carbocycles. The summed E-state index contributed by atoms with van der Waals surface area (Å²) >= 11 is 1.49. The molecule has 0 saturated heterocycles. The Morgan fingerprint density at radius 2 is 1.78 bits per heavy atom. The zero-order valence-corrected chi connectivity index (χ0v) is 12.0. The highest BCUT2D eigenvalue weighted by atomic mass is 32.1. The Balaban J connectivity index is 2.08. The van der Waals surface area contributed by atoms with Crippen LogP contribution in [0.5, 0.6) is 0 Å². The first kappa shape index (κ1) is 13.0. The molecule has 0 unspecified atom stereocenters. The molecule has 0 aliphatic rings. The summed E-state index contributed by atoms with van der Waals surface area (Å²) in [5.74, 6) is 0.922. The van der Waals surface area contributed by atoms with Crippen LogP contribution in [-0.4, -0.2) is 22.4 Å². The zero-order valence-electron chi connectivity index (χ0n) is 11.2. The van der Waals surface area contributed by atoms with Crippen LogP contribution in [0.2, 0.25) is 0 Å². The van der Waals surface area contributed by atoms with Gasteiger partial charge in [-0.15, -0.1) is 0 Å². The minimum Gasteiger partial charge on any atom is -0.347 e. The van der Waals surface area contributed by atoms with Gasteiger partial charge < -0.3 is 4.90 Å². The maximum atomic E-state index is 4.60. The molecule has 2 aromatic rings. The first-order valence-electron chi connectivity index (χ1n) is 6.36. The molecule has 0 radical (unpaired) electrons. The predicted octanol–water partition coefficient (Wildman–Crippen LogP) is 3.28. The summed E-state index contributed by atoms with van der Waals surface area (Å²) < 4.78 is 4.44. The zero-order chi connectivity index (χ0) is 13.0. The second-order valence-corrected chi connectivity index (χ2v) is 5.06. The monoisotopic (exact) mass is 261 g/mol. The standard InChI is InChI=1S/C14H19N3S/c1-4-17(5-2)14-15-13(16-18-14)10-12-8-6-11(3)7-9-12/h6-9H,4-5,10H2,1-3H3. The predicted molar refractivity (Wildman–Crippen MR) is 77.5 cm³/mol. The maximum absolute atomic E-state index is 4.60. The third-order valence-electron chi connectivity index (χ3n) is 2.97. The van der Waals surface area contributed by atoms with Crippen molar-refractivity contribution in [2.45, 2.75) is 27.2 Å². The molecule has 0 aliphatic carbocycles. The van der Waals surface area contributed by atoms with Gasteiger partial charge in [0, 0.05) is 31.0 Å². The van der Waals surface area contributed by atoms with E-state index < -0.39 is 0 Å². The number of nitrogens with zero attached hydrogens (tertiary/aromatic N) is 3. The minimum atomic E-state index is 0.818. The second kappa shape index (κ2) is 5.96. The fraction of sp³-hybridized carbons (Fsp3) is 0.429. The van der Waals surface area contributed by atoms with E-state index in [1.807, 2.05) is 0 Å². The smallest absolute Gasteiger partial charge is 0.205 e. The summed E-state index contributed by atoms with van der Waals surface area (Å²) in [6.45, 7) is 8.35. The third kappa shape index (κ3) is 3.07. The molecule has 0 atom stereocenters. The molecule has 18 heavy (non-hydrogen) atoms. The van der Waals surface area contributed by atoms with Gasteiger partial charge in [-0.3, -0.25) is 0 Å². The van der Waals surface area contributed by atoms with E-state index in [2.05, 4.69) is 59.3 Å². The van der Waals surface area contributed by atoms with Crippen molar-refractivity contribution >= 4 is 16.7 Å². The molecule has 4 heteroatoms. The lowest BCUT2D eigenvalue weighted by atomic mass is 10.1. The van der Waals surface area contributed by atoms with Gasteiger partial charge in [0.2, 0.25) is 5.13 Å². The Kier molecular flexibility index (Phi) is 4.31. The van der Waals surface area contributed by atoms with Crippen molar-refractivity contribution in [1.82, 2.24) is 9.36 Å². The summed E-state index contributed by atoms with van der Waals surface area (Å²) in [7, 11) is 0. The lowest BCUT2D eigenvalue weighted by Gasteiger charge is -2.15. The van der Waals surface area contributed by atoms with E-state index in [0.717, 1.165) is 30.5 Å². The van der Waals surface area contributed by atoms with Gasteiger partial charge in [-0.2, -0.15) is 4.37 Å². The van der Waals surface area contributed by atoms with Crippen LogP contribution in [0, 0.1) is 6.92 Å². The van der Waals surface area contributed by atoms with Gasteiger partial charge in [-0.25, -0.2) is 4.98 Å². The van der Waals surface area contributed by atoms with Crippen LogP contribution in [-0.2, 0) is 6.42 Å². The van der Waals surface area contributed by atoms with Gasteiger partial charge in [0.15, 0.2) is 0 Å². The Morgan fingerprint density at radius 1 is 1.11 bits per heavy atom. The second-order valence-electron chi connectivity index (χ2n) is 4.33. The van der Waals surface area contributed by atoms with Crippen LogP contribution in [0.1, 0.15) is 30.8 Å². The molecule has 0 amide bonds. The number of rotatable bonds is 5. The fourth-order valence-electron chi connectivity index (χ4n) is 1.83. The van der Waals surface area contributed by atoms with Gasteiger partial charge in [0.1, 0.15) is 5.82 Å². The first-order chi connectivity index (χ1) is 8.72. The molecule has 0 saturated carbocycles. The molecule has 1 heterocycles. The number of aromatic nitrogens is 2. The molecule has 0 bridgehead atoms. The molecule has 0 N–H and O–H groups in total. The summed E-state index contributed by atoms with van der Waals surface area (Å²) in [4.78, 5) is 6.84. The van der Waals surface area contributed by atoms with Crippen LogP contribution in [0.15, 0.2) is 24.3 Å². The molecule has 0 fully saturated rings. The van der Waals surface area contributed by atoms with E-state index in [-0.39, 0.29) is 0 Å². The van der Waals surface area contributed by atoms with E-state index in [9.17, 15) is 0 Å². The summed E-state index contributed by atoms with van der Waals surface area (Å²) in [5.41, 5.74) is 2.55. The van der Waals surface area contributed by atoms with E-state index in [1.54, 1.807) is 0 Å². The molecule has 0 spiro atoms. The number of hydrogen-bond acceptors (Lipinski definition) is 4. The van der Waals surface area contributed by atoms with Gasteiger partial charge in [0.05, 0.1) is 0 Å². The van der Waals surface area contributed by atoms with Gasteiger partial charge in [-0.1, -0.05) is 29.8 Å². The SMILES string of the molecule is CCN(CC)c1nc(Cc2ccc(C)cc2)ns1. The van der Waals surface area contributed by atoms with Gasteiger partial charge >= 0.3 is 0 Å². The average molecular weight is 261 g/mol. The van der Waals surface area contributed by atoms with E-state index in [4.69, 9.17) is 0 Å². The molecule has 2 rings (SSSR count). The normalized spacial score (nSPS) is 10.6. The molecular formula is C14H19N3S. The summed E-state index contributed by atoms with van der Waals surface area (Å²) in [5, 5.41) is 1.03. The highest BCUT2D eigenvalue weighted by Crippen LogP contribution is 2.18. The van der Waals surface area contributed by atoms with Crippen molar-refractivity contribution in [2.75, 3.05) is 18.0 Å². The summed E-state index contributed by atoms with van der Waals surface area (Å²) in [6.07, 6.45) is 0.818.